The molecule has 0 aliphatic carbocycles. The van der Waals surface area contributed by atoms with Crippen LogP contribution in [-0.2, 0) is 16.1 Å². The number of nitrogens with zero attached hydrogens (tertiary/aromatic N) is 2. The molecule has 1 aromatic heterocycles. The molecule has 0 aromatic carbocycles. The van der Waals surface area contributed by atoms with E-state index in [-0.39, 0.29) is 29.5 Å². The van der Waals surface area contributed by atoms with Crippen molar-refractivity contribution >= 4 is 5.91 Å². The third-order valence-electron chi connectivity index (χ3n) is 4.37. The summed E-state index contributed by atoms with van der Waals surface area (Å²) >= 11 is 0. The predicted octanol–water partition coefficient (Wildman–Crippen LogP) is 2.09. The van der Waals surface area contributed by atoms with Crippen molar-refractivity contribution in [2.45, 2.75) is 86.4 Å². The minimum absolute atomic E-state index is 0.0363. The number of aliphatic hydroxyl groups excluding tert-OH is 1. The highest BCUT2D eigenvalue weighted by Gasteiger charge is 2.31. The Balaban J connectivity index is 2.73. The molecule has 30 heavy (non-hydrogen) atoms. The smallest absolute Gasteiger partial charge is 0.273 e. The summed E-state index contributed by atoms with van der Waals surface area (Å²) in [4.78, 5) is 21.6. The predicted molar refractivity (Wildman–Crippen MR) is 111 cm³/mol. The minimum atomic E-state index is -1.45. The Morgan fingerprint density at radius 2 is 1.83 bits per heavy atom. The summed E-state index contributed by atoms with van der Waals surface area (Å²) in [7, 11) is 0. The lowest BCUT2D eigenvalue weighted by atomic mass is 9.86. The summed E-state index contributed by atoms with van der Waals surface area (Å²) in [6.07, 6.45) is -0.303. The molecule has 1 heterocycles. The Hall–Kier alpha value is -1.59. The number of carbonyl (C=O) groups is 1. The number of hydrogen-bond acceptors (Lipinski definition) is 9. The summed E-state index contributed by atoms with van der Waals surface area (Å²) in [5.74, 6) is 0.435. The molecule has 10 nitrogen and oxygen atoms in total. The van der Waals surface area contributed by atoms with E-state index in [1.54, 1.807) is 0 Å². The molecule has 3 atom stereocenters. The largest absolute Gasteiger partial charge is 0.381 e. The van der Waals surface area contributed by atoms with Crippen molar-refractivity contribution in [3.8, 4) is 0 Å². The second-order valence-corrected chi connectivity index (χ2v) is 10.4. The molecule has 0 saturated carbocycles. The highest BCUT2D eigenvalue weighted by molar-refractivity contribution is 5.80. The topological polar surface area (TPSA) is 142 Å². The number of rotatable bonds is 11. The van der Waals surface area contributed by atoms with Crippen LogP contribution in [0.25, 0.3) is 0 Å². The summed E-state index contributed by atoms with van der Waals surface area (Å²) in [5, 5.41) is 26.2. The van der Waals surface area contributed by atoms with Gasteiger partial charge in [-0.1, -0.05) is 60.5 Å². The van der Waals surface area contributed by atoms with Gasteiger partial charge in [0.1, 0.15) is 6.73 Å². The van der Waals surface area contributed by atoms with Crippen LogP contribution in [0, 0.1) is 16.7 Å². The average Bonchev–Trinajstić information content (AvgIpc) is 3.03. The van der Waals surface area contributed by atoms with E-state index < -0.39 is 18.1 Å². The fraction of sp³-hybridized carbons (Fsp3) is 0.850. The lowest BCUT2D eigenvalue weighted by Crippen LogP contribution is -2.49. The van der Waals surface area contributed by atoms with E-state index in [0.717, 1.165) is 0 Å². The van der Waals surface area contributed by atoms with Crippen LogP contribution in [0.1, 0.15) is 79.6 Å². The Bertz CT molecular complexity index is 651. The third-order valence-corrected chi connectivity index (χ3v) is 4.37. The van der Waals surface area contributed by atoms with E-state index in [0.29, 0.717) is 24.6 Å². The van der Waals surface area contributed by atoms with Crippen LogP contribution in [0.4, 0.5) is 0 Å². The normalized spacial score (nSPS) is 15.8. The van der Waals surface area contributed by atoms with Gasteiger partial charge in [-0.05, 0) is 23.2 Å². The molecule has 0 aliphatic rings. The quantitative estimate of drug-likeness (QED) is 0.155. The first-order valence-electron chi connectivity index (χ1n) is 10.3. The fourth-order valence-corrected chi connectivity index (χ4v) is 2.97. The Kier molecular flexibility index (Phi) is 9.83. The maximum Gasteiger partial charge on any atom is 0.273 e. The van der Waals surface area contributed by atoms with Crippen LogP contribution in [0.3, 0.4) is 0 Å². The molecule has 1 rings (SSSR count). The van der Waals surface area contributed by atoms with Gasteiger partial charge in [-0.25, -0.2) is 5.48 Å². The first kappa shape index (κ1) is 26.4. The molecule has 1 aromatic rings. The van der Waals surface area contributed by atoms with Gasteiger partial charge >= 0.3 is 0 Å². The zero-order valence-corrected chi connectivity index (χ0v) is 19.4. The van der Waals surface area contributed by atoms with Crippen molar-refractivity contribution in [2.24, 2.45) is 16.7 Å². The molecule has 174 valence electrons. The molecule has 0 saturated heterocycles. The van der Waals surface area contributed by atoms with Crippen LogP contribution < -0.4 is 16.3 Å². The summed E-state index contributed by atoms with van der Waals surface area (Å²) in [6.45, 7) is 16.5. The van der Waals surface area contributed by atoms with Crippen molar-refractivity contribution in [3.05, 3.63) is 11.7 Å². The Morgan fingerprint density at radius 1 is 1.20 bits per heavy atom. The monoisotopic (exact) mass is 429 g/mol. The standard InChI is InChI=1S/C20H39N5O5/c1-12(2)9-13(15(26)18(27)23-28)24-29-11-21-16(20(6,7)8)17-22-14(30-25-17)10-19(3,4)5/h12-13,15-16,21,24,26,28H,9-11H2,1-8H3,(H,23,27)/t13-,15+,16-/m1/s1. The second-order valence-electron chi connectivity index (χ2n) is 10.4. The van der Waals surface area contributed by atoms with Gasteiger partial charge < -0.3 is 9.63 Å². The van der Waals surface area contributed by atoms with Crippen LogP contribution in [-0.4, -0.2) is 45.2 Å². The minimum Gasteiger partial charge on any atom is -0.381 e. The Morgan fingerprint density at radius 3 is 2.33 bits per heavy atom. The van der Waals surface area contributed by atoms with Gasteiger partial charge in [0.05, 0.1) is 12.1 Å². The highest BCUT2D eigenvalue weighted by Crippen LogP contribution is 2.31. The molecule has 0 bridgehead atoms. The SMILES string of the molecule is CC(C)C[C@@H](NOCN[C@H](c1noc(CC(C)(C)C)n1)C(C)(C)C)[C@H](O)C(=O)NO. The molecule has 0 spiro atoms. The summed E-state index contributed by atoms with van der Waals surface area (Å²) in [6, 6.07) is -0.929. The number of aromatic nitrogens is 2. The molecule has 0 unspecified atom stereocenters. The van der Waals surface area contributed by atoms with E-state index >= 15 is 0 Å². The molecule has 5 N–H and O–H groups in total. The van der Waals surface area contributed by atoms with Crippen LogP contribution in [0.5, 0.6) is 0 Å². The van der Waals surface area contributed by atoms with Crippen molar-refractivity contribution < 1.29 is 24.5 Å². The lowest BCUT2D eigenvalue weighted by molar-refractivity contribution is -0.143. The third kappa shape index (κ3) is 9.05. The van der Waals surface area contributed by atoms with Crippen LogP contribution in [0.2, 0.25) is 0 Å². The molecule has 0 fully saturated rings. The lowest BCUT2D eigenvalue weighted by Gasteiger charge is -2.29. The average molecular weight is 430 g/mol. The van der Waals surface area contributed by atoms with Crippen molar-refractivity contribution in [1.82, 2.24) is 26.4 Å². The summed E-state index contributed by atoms with van der Waals surface area (Å²) in [5.41, 5.74) is 3.99. The number of nitrogens with one attached hydrogen (secondary N) is 3. The number of hydrogen-bond donors (Lipinski definition) is 5. The number of aliphatic hydroxyl groups is 1. The first-order chi connectivity index (χ1) is 13.7. The number of amides is 1. The van der Waals surface area contributed by atoms with Crippen LogP contribution >= 0.6 is 0 Å². The fourth-order valence-electron chi connectivity index (χ4n) is 2.97. The van der Waals surface area contributed by atoms with Gasteiger partial charge in [0.15, 0.2) is 11.9 Å². The van der Waals surface area contributed by atoms with Crippen molar-refractivity contribution in [3.63, 3.8) is 0 Å². The molecule has 0 aliphatic heterocycles. The van der Waals surface area contributed by atoms with Gasteiger partial charge in [-0.15, -0.1) is 0 Å². The van der Waals surface area contributed by atoms with Gasteiger partial charge in [0.2, 0.25) is 5.89 Å². The number of hydroxylamine groups is 2. The highest BCUT2D eigenvalue weighted by atomic mass is 16.7. The number of carbonyl (C=O) groups excluding carboxylic acids is 1. The van der Waals surface area contributed by atoms with E-state index in [4.69, 9.17) is 14.6 Å². The summed E-state index contributed by atoms with van der Waals surface area (Å²) < 4.78 is 5.42. The maximum absolute atomic E-state index is 11.5. The maximum atomic E-state index is 11.5. The van der Waals surface area contributed by atoms with Gasteiger partial charge in [0.25, 0.3) is 5.91 Å². The van der Waals surface area contributed by atoms with E-state index in [1.165, 1.54) is 5.48 Å². The first-order valence-corrected chi connectivity index (χ1v) is 10.3. The second kappa shape index (κ2) is 11.1. The molecule has 1 amide bonds. The molecule has 0 radical (unpaired) electrons. The van der Waals surface area contributed by atoms with Gasteiger partial charge in [-0.3, -0.25) is 20.2 Å². The van der Waals surface area contributed by atoms with Gasteiger partial charge in [0, 0.05) is 6.42 Å². The zero-order valence-electron chi connectivity index (χ0n) is 19.4. The molecular weight excluding hydrogens is 390 g/mol. The Labute approximate surface area is 179 Å². The molecule has 10 heteroatoms. The molecular formula is C20H39N5O5. The zero-order chi connectivity index (χ0) is 23.1. The van der Waals surface area contributed by atoms with Crippen molar-refractivity contribution in [2.75, 3.05) is 6.73 Å². The van der Waals surface area contributed by atoms with Crippen LogP contribution in [0.15, 0.2) is 4.52 Å². The van der Waals surface area contributed by atoms with E-state index in [9.17, 15) is 9.90 Å². The van der Waals surface area contributed by atoms with Gasteiger partial charge in [-0.2, -0.15) is 10.5 Å². The van der Waals surface area contributed by atoms with E-state index in [1.807, 2.05) is 13.8 Å². The van der Waals surface area contributed by atoms with Crippen molar-refractivity contribution in [1.29, 1.82) is 0 Å². The van der Waals surface area contributed by atoms with E-state index in [2.05, 4.69) is 62.5 Å².